The molecule has 9 heteroatoms. The number of hydrogen-bond donors (Lipinski definition) is 2. The molecule has 1 aliphatic rings. The van der Waals surface area contributed by atoms with Crippen molar-refractivity contribution in [3.8, 4) is 16.9 Å². The van der Waals surface area contributed by atoms with Crippen molar-refractivity contribution in [3.05, 3.63) is 52.8 Å². The maximum atomic E-state index is 14.4. The van der Waals surface area contributed by atoms with E-state index in [0.717, 1.165) is 0 Å². The molecule has 1 heterocycles. The van der Waals surface area contributed by atoms with Crippen LogP contribution in [-0.4, -0.2) is 44.3 Å². The average molecular weight is 428 g/mol. The number of aromatic hydroxyl groups is 1. The summed E-state index contributed by atoms with van der Waals surface area (Å²) in [6.45, 7) is 0.128. The molecule has 0 atom stereocenters. The van der Waals surface area contributed by atoms with Gasteiger partial charge in [-0.1, -0.05) is 23.7 Å². The van der Waals surface area contributed by atoms with Gasteiger partial charge in [0.15, 0.2) is 11.6 Å². The summed E-state index contributed by atoms with van der Waals surface area (Å²) in [5, 5.41) is 8.50. The molecule has 0 bridgehead atoms. The second-order valence-corrected chi connectivity index (χ2v) is 8.92. The van der Waals surface area contributed by atoms with E-state index in [1.54, 1.807) is 12.1 Å². The van der Waals surface area contributed by atoms with Crippen molar-refractivity contribution in [3.63, 3.8) is 0 Å². The summed E-state index contributed by atoms with van der Waals surface area (Å²) in [5.41, 5.74) is 0.795. The van der Waals surface area contributed by atoms with Crippen LogP contribution in [-0.2, 0) is 14.8 Å². The highest BCUT2D eigenvalue weighted by Gasteiger charge is 2.28. The third-order valence-electron chi connectivity index (χ3n) is 4.57. The summed E-state index contributed by atoms with van der Waals surface area (Å²) < 4.78 is 46.5. The molecule has 2 aromatic rings. The lowest BCUT2D eigenvalue weighted by atomic mass is 10.0. The SMILES string of the molecule is O=C(CNS(=O)(=O)C1CCOCC1)c1cc(-c2ccc(O)cc2)cc(Cl)c1F. The molecule has 1 aliphatic heterocycles. The molecule has 0 unspecified atom stereocenters. The molecular weight excluding hydrogens is 409 g/mol. The molecule has 0 amide bonds. The third kappa shape index (κ3) is 4.70. The molecule has 0 aromatic heterocycles. The van der Waals surface area contributed by atoms with Crippen LogP contribution in [0.15, 0.2) is 36.4 Å². The lowest BCUT2D eigenvalue weighted by Gasteiger charge is -2.22. The minimum Gasteiger partial charge on any atom is -0.508 e. The fourth-order valence-electron chi connectivity index (χ4n) is 2.98. The van der Waals surface area contributed by atoms with Crippen molar-refractivity contribution < 1.29 is 27.4 Å². The fourth-order valence-corrected chi connectivity index (χ4v) is 4.58. The Bertz CT molecular complexity index is 973. The number of rotatable bonds is 6. The number of carbonyl (C=O) groups is 1. The van der Waals surface area contributed by atoms with Gasteiger partial charge in [0.25, 0.3) is 0 Å². The Balaban J connectivity index is 1.80. The molecule has 28 heavy (non-hydrogen) atoms. The van der Waals surface area contributed by atoms with Crippen molar-refractivity contribution in [2.75, 3.05) is 19.8 Å². The van der Waals surface area contributed by atoms with E-state index in [2.05, 4.69) is 4.72 Å². The first-order valence-electron chi connectivity index (χ1n) is 8.66. The number of halogens is 2. The van der Waals surface area contributed by atoms with Crippen LogP contribution in [0, 0.1) is 5.82 Å². The number of benzene rings is 2. The standard InChI is InChI=1S/C19H19ClFNO5S/c20-17-10-13(12-1-3-14(23)4-2-12)9-16(19(17)21)18(24)11-22-28(25,26)15-5-7-27-8-6-15/h1-4,9-10,15,22-23H,5-8,11H2. The Morgan fingerprint density at radius 3 is 2.46 bits per heavy atom. The first-order chi connectivity index (χ1) is 13.3. The number of sulfonamides is 1. The van der Waals surface area contributed by atoms with Gasteiger partial charge < -0.3 is 9.84 Å². The maximum absolute atomic E-state index is 14.4. The van der Waals surface area contributed by atoms with Crippen molar-refractivity contribution in [2.45, 2.75) is 18.1 Å². The second-order valence-electron chi connectivity index (χ2n) is 6.47. The molecular formula is C19H19ClFNO5S. The highest BCUT2D eigenvalue weighted by Crippen LogP contribution is 2.29. The second kappa shape index (κ2) is 8.57. The first kappa shape index (κ1) is 20.7. The van der Waals surface area contributed by atoms with Crippen LogP contribution >= 0.6 is 11.6 Å². The van der Waals surface area contributed by atoms with E-state index in [9.17, 15) is 22.7 Å². The highest BCUT2D eigenvalue weighted by atomic mass is 35.5. The van der Waals surface area contributed by atoms with Gasteiger partial charge in [0.05, 0.1) is 22.4 Å². The van der Waals surface area contributed by atoms with Gasteiger partial charge >= 0.3 is 0 Å². The Kier molecular flexibility index (Phi) is 6.34. The summed E-state index contributed by atoms with van der Waals surface area (Å²) >= 11 is 5.93. The Morgan fingerprint density at radius 1 is 1.18 bits per heavy atom. The van der Waals surface area contributed by atoms with Gasteiger partial charge in [-0.3, -0.25) is 4.79 Å². The lowest BCUT2D eigenvalue weighted by Crippen LogP contribution is -2.40. The zero-order chi connectivity index (χ0) is 20.3. The summed E-state index contributed by atoms with van der Waals surface area (Å²) in [7, 11) is -3.71. The van der Waals surface area contributed by atoms with Crippen molar-refractivity contribution >= 4 is 27.4 Å². The molecule has 0 spiro atoms. The lowest BCUT2D eigenvalue weighted by molar-refractivity contribution is 0.0974. The molecule has 1 saturated heterocycles. The van der Waals surface area contributed by atoms with Crippen molar-refractivity contribution in [1.29, 1.82) is 0 Å². The van der Waals surface area contributed by atoms with E-state index in [1.165, 1.54) is 24.3 Å². The van der Waals surface area contributed by atoms with E-state index in [1.807, 2.05) is 0 Å². The molecule has 0 radical (unpaired) electrons. The summed E-state index contributed by atoms with van der Waals surface area (Å²) in [5.74, 6) is -1.56. The topological polar surface area (TPSA) is 92.7 Å². The molecule has 150 valence electrons. The number of carbonyl (C=O) groups excluding carboxylic acids is 1. The number of phenols is 1. The monoisotopic (exact) mass is 427 g/mol. The normalized spacial score (nSPS) is 15.5. The molecule has 2 N–H and O–H groups in total. The third-order valence-corrected chi connectivity index (χ3v) is 6.74. The van der Waals surface area contributed by atoms with Crippen LogP contribution in [0.4, 0.5) is 4.39 Å². The number of Topliss-reactive ketones (excluding diaryl/α,β-unsaturated/α-hetero) is 1. The van der Waals surface area contributed by atoms with Gasteiger partial charge in [-0.15, -0.1) is 0 Å². The Hall–Kier alpha value is -2.00. The summed E-state index contributed by atoms with van der Waals surface area (Å²) in [4.78, 5) is 12.5. The number of hydrogen-bond acceptors (Lipinski definition) is 5. The highest BCUT2D eigenvalue weighted by molar-refractivity contribution is 7.90. The predicted octanol–water partition coefficient (Wildman–Crippen LogP) is 3.13. The number of ketones is 1. The van der Waals surface area contributed by atoms with Gasteiger partial charge in [0, 0.05) is 13.2 Å². The van der Waals surface area contributed by atoms with Gasteiger partial charge in [-0.2, -0.15) is 0 Å². The molecule has 6 nitrogen and oxygen atoms in total. The van der Waals surface area contributed by atoms with Crippen LogP contribution in [0.1, 0.15) is 23.2 Å². The van der Waals surface area contributed by atoms with Crippen LogP contribution in [0.3, 0.4) is 0 Å². The average Bonchev–Trinajstić information content (AvgIpc) is 2.69. The Labute approximate surface area is 167 Å². The molecule has 2 aromatic carbocycles. The van der Waals surface area contributed by atoms with Gasteiger partial charge in [-0.25, -0.2) is 17.5 Å². The van der Waals surface area contributed by atoms with Gasteiger partial charge in [0.1, 0.15) is 5.75 Å². The van der Waals surface area contributed by atoms with E-state index in [4.69, 9.17) is 16.3 Å². The smallest absolute Gasteiger partial charge is 0.215 e. The molecule has 0 saturated carbocycles. The quantitative estimate of drug-likeness (QED) is 0.691. The van der Waals surface area contributed by atoms with Gasteiger partial charge in [-0.05, 0) is 48.2 Å². The van der Waals surface area contributed by atoms with Gasteiger partial charge in [0.2, 0.25) is 10.0 Å². The number of phenolic OH excluding ortho intramolecular Hbond substituents is 1. The van der Waals surface area contributed by atoms with E-state index in [-0.39, 0.29) is 16.3 Å². The fraction of sp³-hybridized carbons (Fsp3) is 0.316. The summed E-state index contributed by atoms with van der Waals surface area (Å²) in [6, 6.07) is 8.79. The molecule has 3 rings (SSSR count). The number of ether oxygens (including phenoxy) is 1. The van der Waals surface area contributed by atoms with Crippen LogP contribution in [0.5, 0.6) is 5.75 Å². The largest absolute Gasteiger partial charge is 0.508 e. The van der Waals surface area contributed by atoms with Crippen molar-refractivity contribution in [2.24, 2.45) is 0 Å². The predicted molar refractivity (Wildman–Crippen MR) is 104 cm³/mol. The molecule has 1 fully saturated rings. The minimum absolute atomic E-state index is 0.0655. The molecule has 0 aliphatic carbocycles. The first-order valence-corrected chi connectivity index (χ1v) is 10.6. The van der Waals surface area contributed by atoms with Crippen LogP contribution < -0.4 is 4.72 Å². The van der Waals surface area contributed by atoms with E-state index < -0.39 is 33.4 Å². The minimum atomic E-state index is -3.71. The van der Waals surface area contributed by atoms with Crippen LogP contribution in [0.2, 0.25) is 5.02 Å². The summed E-state index contributed by atoms with van der Waals surface area (Å²) in [6.07, 6.45) is 0.695. The van der Waals surface area contributed by atoms with Crippen molar-refractivity contribution in [1.82, 2.24) is 4.72 Å². The van der Waals surface area contributed by atoms with E-state index in [0.29, 0.717) is 37.2 Å². The number of nitrogens with one attached hydrogen (secondary N) is 1. The zero-order valence-corrected chi connectivity index (χ0v) is 16.4. The van der Waals surface area contributed by atoms with E-state index >= 15 is 0 Å². The zero-order valence-electron chi connectivity index (χ0n) is 14.8. The van der Waals surface area contributed by atoms with Crippen LogP contribution in [0.25, 0.3) is 11.1 Å². The Morgan fingerprint density at radius 2 is 1.82 bits per heavy atom. The maximum Gasteiger partial charge on any atom is 0.215 e.